The summed E-state index contributed by atoms with van der Waals surface area (Å²) in [4.78, 5) is 20.1. The molecular weight excluding hydrogens is 326 g/mol. The number of aromatic nitrogens is 2. The van der Waals surface area contributed by atoms with Gasteiger partial charge in [0, 0.05) is 35.3 Å². The van der Waals surface area contributed by atoms with Gasteiger partial charge in [-0.05, 0) is 30.7 Å². The van der Waals surface area contributed by atoms with Crippen LogP contribution in [0.25, 0.3) is 22.0 Å². The quantitative estimate of drug-likeness (QED) is 0.762. The summed E-state index contributed by atoms with van der Waals surface area (Å²) in [5.74, 6) is -1.71. The molecule has 7 heteroatoms. The highest BCUT2D eigenvalue weighted by Gasteiger charge is 2.20. The topological polar surface area (TPSA) is 80.9 Å². The van der Waals surface area contributed by atoms with Gasteiger partial charge in [-0.3, -0.25) is 9.78 Å². The average molecular weight is 342 g/mol. The van der Waals surface area contributed by atoms with Crippen molar-refractivity contribution in [2.75, 3.05) is 12.3 Å². The molecule has 3 rings (SSSR count). The van der Waals surface area contributed by atoms with E-state index in [0.717, 1.165) is 6.42 Å². The van der Waals surface area contributed by atoms with Gasteiger partial charge in [-0.25, -0.2) is 13.8 Å². The largest absolute Gasteiger partial charge is 0.396 e. The second-order valence-corrected chi connectivity index (χ2v) is 5.49. The summed E-state index contributed by atoms with van der Waals surface area (Å²) in [6.07, 6.45) is 3.46. The van der Waals surface area contributed by atoms with Gasteiger partial charge in [0.25, 0.3) is 5.91 Å². The van der Waals surface area contributed by atoms with Crippen molar-refractivity contribution < 1.29 is 13.6 Å². The fraction of sp³-hybridized carbons (Fsp3) is 0.167. The molecule has 3 aromatic rings. The van der Waals surface area contributed by atoms with Crippen molar-refractivity contribution in [3.8, 4) is 11.3 Å². The van der Waals surface area contributed by atoms with E-state index < -0.39 is 17.5 Å². The van der Waals surface area contributed by atoms with Crippen molar-refractivity contribution >= 4 is 22.4 Å². The maximum absolute atomic E-state index is 14.4. The number of rotatable bonds is 4. The number of halogens is 2. The Hall–Kier alpha value is -3.09. The van der Waals surface area contributed by atoms with Gasteiger partial charge < -0.3 is 11.1 Å². The van der Waals surface area contributed by atoms with Crippen LogP contribution < -0.4 is 11.1 Å². The van der Waals surface area contributed by atoms with Crippen molar-refractivity contribution in [2.45, 2.75) is 13.3 Å². The summed E-state index contributed by atoms with van der Waals surface area (Å²) < 4.78 is 28.5. The number of hydrogen-bond acceptors (Lipinski definition) is 4. The molecule has 0 spiro atoms. The summed E-state index contributed by atoms with van der Waals surface area (Å²) in [5, 5.41) is 3.40. The molecule has 0 saturated heterocycles. The molecule has 0 fully saturated rings. The number of carbonyl (C=O) groups is 1. The number of amides is 1. The molecular formula is C18H16F2N4O. The Labute approximate surface area is 142 Å². The standard InChI is InChI=1S/C18H16F2N4O/c1-2-7-23-18(25)17-15(21)10-5-6-12(19)14(11(10)9-24-17)16-13(20)4-3-8-22-16/h3-6,8-9H,2,7,21H2,1H3,(H,23,25). The van der Waals surface area contributed by atoms with Crippen LogP contribution in [0.1, 0.15) is 23.8 Å². The minimum Gasteiger partial charge on any atom is -0.396 e. The van der Waals surface area contributed by atoms with Crippen molar-refractivity contribution in [2.24, 2.45) is 0 Å². The van der Waals surface area contributed by atoms with E-state index in [2.05, 4.69) is 15.3 Å². The summed E-state index contributed by atoms with van der Waals surface area (Å²) in [7, 11) is 0. The Bertz CT molecular complexity index is 959. The molecule has 0 aliphatic rings. The highest BCUT2D eigenvalue weighted by atomic mass is 19.1. The number of nitrogens with two attached hydrogens (primary N) is 1. The molecule has 0 bridgehead atoms. The van der Waals surface area contributed by atoms with Crippen LogP contribution in [0.3, 0.4) is 0 Å². The van der Waals surface area contributed by atoms with Gasteiger partial charge in [0.2, 0.25) is 0 Å². The van der Waals surface area contributed by atoms with Crippen LogP contribution in [0.5, 0.6) is 0 Å². The number of nitrogens with one attached hydrogen (secondary N) is 1. The zero-order chi connectivity index (χ0) is 18.0. The fourth-order valence-corrected chi connectivity index (χ4v) is 2.60. The first-order chi connectivity index (χ1) is 12.0. The molecule has 0 unspecified atom stereocenters. The Morgan fingerprint density at radius 1 is 1.16 bits per heavy atom. The Morgan fingerprint density at radius 3 is 2.68 bits per heavy atom. The highest BCUT2D eigenvalue weighted by Crippen LogP contribution is 2.34. The predicted molar refractivity (Wildman–Crippen MR) is 91.9 cm³/mol. The number of hydrogen-bond donors (Lipinski definition) is 2. The summed E-state index contributed by atoms with van der Waals surface area (Å²) in [5.41, 5.74) is 6.08. The van der Waals surface area contributed by atoms with E-state index >= 15 is 0 Å². The molecule has 0 aliphatic carbocycles. The molecule has 5 nitrogen and oxygen atoms in total. The number of anilines is 1. The van der Waals surface area contributed by atoms with Crippen molar-refractivity contribution in [3.63, 3.8) is 0 Å². The molecule has 2 heterocycles. The van der Waals surface area contributed by atoms with Gasteiger partial charge in [0.1, 0.15) is 17.3 Å². The van der Waals surface area contributed by atoms with Gasteiger partial charge in [-0.2, -0.15) is 0 Å². The van der Waals surface area contributed by atoms with Crippen LogP contribution in [-0.2, 0) is 0 Å². The zero-order valence-electron chi connectivity index (χ0n) is 13.5. The summed E-state index contributed by atoms with van der Waals surface area (Å²) >= 11 is 0. The number of benzene rings is 1. The zero-order valence-corrected chi connectivity index (χ0v) is 13.5. The van der Waals surface area contributed by atoms with E-state index in [1.165, 1.54) is 36.7 Å². The third-order valence-electron chi connectivity index (χ3n) is 3.81. The van der Waals surface area contributed by atoms with Crippen molar-refractivity contribution in [1.29, 1.82) is 0 Å². The molecule has 128 valence electrons. The van der Waals surface area contributed by atoms with Crippen LogP contribution in [0.2, 0.25) is 0 Å². The van der Waals surface area contributed by atoms with Gasteiger partial charge in [0.15, 0.2) is 5.69 Å². The Morgan fingerprint density at radius 2 is 1.96 bits per heavy atom. The van der Waals surface area contributed by atoms with Gasteiger partial charge >= 0.3 is 0 Å². The van der Waals surface area contributed by atoms with Gasteiger partial charge in [0.05, 0.1) is 5.69 Å². The minimum absolute atomic E-state index is 0.0321. The minimum atomic E-state index is -0.655. The first kappa shape index (κ1) is 16.8. The molecule has 2 aromatic heterocycles. The monoisotopic (exact) mass is 342 g/mol. The van der Waals surface area contributed by atoms with E-state index in [0.29, 0.717) is 17.3 Å². The number of nitrogens with zero attached hydrogens (tertiary/aromatic N) is 2. The van der Waals surface area contributed by atoms with E-state index in [-0.39, 0.29) is 22.6 Å². The lowest BCUT2D eigenvalue weighted by Gasteiger charge is -2.12. The van der Waals surface area contributed by atoms with Crippen LogP contribution in [0.15, 0.2) is 36.7 Å². The molecule has 1 amide bonds. The molecule has 0 radical (unpaired) electrons. The Balaban J connectivity index is 2.21. The number of nitrogen functional groups attached to an aromatic ring is 1. The van der Waals surface area contributed by atoms with Crippen LogP contribution in [0, 0.1) is 11.6 Å². The number of carbonyl (C=O) groups excluding carboxylic acids is 1. The molecule has 3 N–H and O–H groups in total. The van der Waals surface area contributed by atoms with Crippen molar-refractivity contribution in [1.82, 2.24) is 15.3 Å². The average Bonchev–Trinajstić information content (AvgIpc) is 2.61. The second kappa shape index (κ2) is 6.80. The highest BCUT2D eigenvalue weighted by molar-refractivity contribution is 6.09. The summed E-state index contributed by atoms with van der Waals surface area (Å²) in [6.45, 7) is 2.42. The molecule has 1 aromatic carbocycles. The first-order valence-corrected chi connectivity index (χ1v) is 7.80. The van der Waals surface area contributed by atoms with Crippen LogP contribution in [0.4, 0.5) is 14.5 Å². The first-order valence-electron chi connectivity index (χ1n) is 7.80. The third-order valence-corrected chi connectivity index (χ3v) is 3.81. The summed E-state index contributed by atoms with van der Waals surface area (Å²) in [6, 6.07) is 5.24. The van der Waals surface area contributed by atoms with E-state index in [9.17, 15) is 13.6 Å². The maximum atomic E-state index is 14.4. The number of pyridine rings is 2. The third kappa shape index (κ3) is 3.00. The molecule has 25 heavy (non-hydrogen) atoms. The molecule has 0 atom stereocenters. The van der Waals surface area contributed by atoms with Crippen molar-refractivity contribution in [3.05, 3.63) is 54.0 Å². The lowest BCUT2D eigenvalue weighted by Crippen LogP contribution is -2.26. The smallest absolute Gasteiger partial charge is 0.272 e. The molecule has 0 saturated carbocycles. The lowest BCUT2D eigenvalue weighted by atomic mass is 10.0. The van der Waals surface area contributed by atoms with E-state index in [4.69, 9.17) is 5.73 Å². The van der Waals surface area contributed by atoms with Crippen LogP contribution >= 0.6 is 0 Å². The fourth-order valence-electron chi connectivity index (χ4n) is 2.60. The predicted octanol–water partition coefficient (Wildman–Crippen LogP) is 3.30. The SMILES string of the molecule is CCCNC(=O)c1ncc2c(-c3ncccc3F)c(F)ccc2c1N. The van der Waals surface area contributed by atoms with Gasteiger partial charge in [-0.1, -0.05) is 6.92 Å². The van der Waals surface area contributed by atoms with Crippen LogP contribution in [-0.4, -0.2) is 22.4 Å². The lowest BCUT2D eigenvalue weighted by molar-refractivity contribution is 0.0950. The maximum Gasteiger partial charge on any atom is 0.272 e. The second-order valence-electron chi connectivity index (χ2n) is 5.49. The normalized spacial score (nSPS) is 10.8. The number of fused-ring (bicyclic) bond motifs is 1. The van der Waals surface area contributed by atoms with E-state index in [1.807, 2.05) is 6.92 Å². The Kier molecular flexibility index (Phi) is 4.56. The van der Waals surface area contributed by atoms with Gasteiger partial charge in [-0.15, -0.1) is 0 Å². The molecule has 0 aliphatic heterocycles. The van der Waals surface area contributed by atoms with E-state index in [1.54, 1.807) is 0 Å².